The van der Waals surface area contributed by atoms with Gasteiger partial charge in [0, 0.05) is 22.0 Å². The molecule has 0 fully saturated rings. The van der Waals surface area contributed by atoms with Gasteiger partial charge in [-0.25, -0.2) is 0 Å². The summed E-state index contributed by atoms with van der Waals surface area (Å²) in [5.74, 6) is 1.07. The number of halogens is 1. The molecule has 3 aromatic rings. The SMILES string of the molecule is COc1ccc2c(CC(=O)Nc3cc(Cl)ccc3OC)coc2c1. The Morgan fingerprint density at radius 2 is 2.00 bits per heavy atom. The lowest BCUT2D eigenvalue weighted by atomic mass is 10.1. The molecule has 0 atom stereocenters. The van der Waals surface area contributed by atoms with Gasteiger partial charge in [0.1, 0.15) is 17.1 Å². The average molecular weight is 346 g/mol. The van der Waals surface area contributed by atoms with Crippen LogP contribution in [0.15, 0.2) is 47.1 Å². The predicted molar refractivity (Wildman–Crippen MR) is 93.1 cm³/mol. The number of amides is 1. The second-order valence-electron chi connectivity index (χ2n) is 5.19. The van der Waals surface area contributed by atoms with E-state index in [1.807, 2.05) is 12.1 Å². The maximum atomic E-state index is 12.3. The van der Waals surface area contributed by atoms with Crippen molar-refractivity contribution in [1.82, 2.24) is 0 Å². The van der Waals surface area contributed by atoms with Crippen LogP contribution in [0.4, 0.5) is 5.69 Å². The summed E-state index contributed by atoms with van der Waals surface area (Å²) >= 11 is 5.97. The van der Waals surface area contributed by atoms with Gasteiger partial charge in [-0.05, 0) is 30.3 Å². The molecular formula is C18H16ClNO4. The van der Waals surface area contributed by atoms with E-state index in [-0.39, 0.29) is 12.3 Å². The average Bonchev–Trinajstić information content (AvgIpc) is 2.97. The molecule has 1 amide bonds. The standard InChI is InChI=1S/C18H16ClNO4/c1-22-13-4-5-14-11(10-24-17(14)9-13)7-18(21)20-15-8-12(19)3-6-16(15)23-2/h3-6,8-10H,7H2,1-2H3,(H,20,21). The topological polar surface area (TPSA) is 60.7 Å². The third kappa shape index (κ3) is 3.31. The van der Waals surface area contributed by atoms with Crippen LogP contribution in [0, 0.1) is 0 Å². The molecule has 0 aliphatic carbocycles. The van der Waals surface area contributed by atoms with Crippen molar-refractivity contribution in [2.45, 2.75) is 6.42 Å². The van der Waals surface area contributed by atoms with Crippen molar-refractivity contribution in [2.75, 3.05) is 19.5 Å². The number of carbonyl (C=O) groups is 1. The van der Waals surface area contributed by atoms with E-state index in [9.17, 15) is 4.79 Å². The van der Waals surface area contributed by atoms with Crippen LogP contribution in [0.25, 0.3) is 11.0 Å². The maximum absolute atomic E-state index is 12.3. The van der Waals surface area contributed by atoms with Gasteiger partial charge in [-0.2, -0.15) is 0 Å². The summed E-state index contributed by atoms with van der Waals surface area (Å²) in [6.07, 6.45) is 1.76. The first-order chi connectivity index (χ1) is 11.6. The van der Waals surface area contributed by atoms with Crippen molar-refractivity contribution in [3.05, 3.63) is 53.2 Å². The molecule has 5 nitrogen and oxygen atoms in total. The highest BCUT2D eigenvalue weighted by molar-refractivity contribution is 6.31. The van der Waals surface area contributed by atoms with Gasteiger partial charge in [-0.3, -0.25) is 4.79 Å². The van der Waals surface area contributed by atoms with Crippen molar-refractivity contribution < 1.29 is 18.7 Å². The minimum atomic E-state index is -0.186. The molecule has 0 aliphatic rings. The third-order valence-corrected chi connectivity index (χ3v) is 3.88. The molecule has 0 aliphatic heterocycles. The summed E-state index contributed by atoms with van der Waals surface area (Å²) in [4.78, 5) is 12.3. The fourth-order valence-electron chi connectivity index (χ4n) is 2.47. The highest BCUT2D eigenvalue weighted by Gasteiger charge is 2.13. The number of rotatable bonds is 5. The lowest BCUT2D eigenvalue weighted by Gasteiger charge is -2.10. The zero-order chi connectivity index (χ0) is 17.1. The number of ether oxygens (including phenoxy) is 2. The van der Waals surface area contributed by atoms with Crippen LogP contribution in [0.3, 0.4) is 0 Å². The highest BCUT2D eigenvalue weighted by atomic mass is 35.5. The molecule has 0 saturated heterocycles. The second kappa shape index (κ2) is 6.84. The maximum Gasteiger partial charge on any atom is 0.229 e. The van der Waals surface area contributed by atoms with E-state index in [4.69, 9.17) is 25.5 Å². The number of furan rings is 1. The monoisotopic (exact) mass is 345 g/mol. The van der Waals surface area contributed by atoms with E-state index in [2.05, 4.69) is 5.32 Å². The summed E-state index contributed by atoms with van der Waals surface area (Å²) < 4.78 is 15.9. The molecule has 0 radical (unpaired) electrons. The lowest BCUT2D eigenvalue weighted by Crippen LogP contribution is -2.14. The summed E-state index contributed by atoms with van der Waals surface area (Å²) in [5, 5.41) is 4.21. The van der Waals surface area contributed by atoms with E-state index < -0.39 is 0 Å². The van der Waals surface area contributed by atoms with Crippen LogP contribution in [0.2, 0.25) is 5.02 Å². The van der Waals surface area contributed by atoms with Crippen molar-refractivity contribution in [3.8, 4) is 11.5 Å². The number of benzene rings is 2. The van der Waals surface area contributed by atoms with Gasteiger partial charge in [0.25, 0.3) is 0 Å². The van der Waals surface area contributed by atoms with E-state index in [1.54, 1.807) is 37.6 Å². The summed E-state index contributed by atoms with van der Waals surface area (Å²) in [6, 6.07) is 10.6. The number of methoxy groups -OCH3 is 2. The minimum Gasteiger partial charge on any atom is -0.497 e. The van der Waals surface area contributed by atoms with Crippen molar-refractivity contribution in [2.24, 2.45) is 0 Å². The Bertz CT molecular complexity index is 888. The second-order valence-corrected chi connectivity index (χ2v) is 5.63. The number of carbonyl (C=O) groups excluding carboxylic acids is 1. The Morgan fingerprint density at radius 1 is 1.17 bits per heavy atom. The Morgan fingerprint density at radius 3 is 2.75 bits per heavy atom. The molecule has 0 unspecified atom stereocenters. The van der Waals surface area contributed by atoms with Gasteiger partial charge >= 0.3 is 0 Å². The quantitative estimate of drug-likeness (QED) is 0.749. The molecule has 24 heavy (non-hydrogen) atoms. The van der Waals surface area contributed by atoms with Crippen LogP contribution in [-0.4, -0.2) is 20.1 Å². The van der Waals surface area contributed by atoms with Crippen LogP contribution < -0.4 is 14.8 Å². The number of fused-ring (bicyclic) bond motifs is 1. The van der Waals surface area contributed by atoms with E-state index in [0.29, 0.717) is 27.8 Å². The van der Waals surface area contributed by atoms with Gasteiger partial charge in [0.05, 0.1) is 32.6 Å². The van der Waals surface area contributed by atoms with E-state index in [1.165, 1.54) is 7.11 Å². The smallest absolute Gasteiger partial charge is 0.229 e. The number of hydrogen-bond donors (Lipinski definition) is 1. The van der Waals surface area contributed by atoms with Gasteiger partial charge in [0.15, 0.2) is 0 Å². The van der Waals surface area contributed by atoms with Crippen LogP contribution in [0.5, 0.6) is 11.5 Å². The van der Waals surface area contributed by atoms with Crippen molar-refractivity contribution in [1.29, 1.82) is 0 Å². The third-order valence-electron chi connectivity index (χ3n) is 3.65. The van der Waals surface area contributed by atoms with Gasteiger partial charge in [-0.15, -0.1) is 0 Å². The van der Waals surface area contributed by atoms with Crippen molar-refractivity contribution in [3.63, 3.8) is 0 Å². The summed E-state index contributed by atoms with van der Waals surface area (Å²) in [6.45, 7) is 0. The molecule has 6 heteroatoms. The zero-order valence-electron chi connectivity index (χ0n) is 13.3. The van der Waals surface area contributed by atoms with E-state index in [0.717, 1.165) is 10.9 Å². The first-order valence-corrected chi connectivity index (χ1v) is 7.66. The Balaban J connectivity index is 1.79. The van der Waals surface area contributed by atoms with Crippen LogP contribution >= 0.6 is 11.6 Å². The minimum absolute atomic E-state index is 0.176. The summed E-state index contributed by atoms with van der Waals surface area (Å²) in [5.41, 5.74) is 2.01. The number of nitrogens with one attached hydrogen (secondary N) is 1. The Labute approximate surface area is 144 Å². The van der Waals surface area contributed by atoms with Crippen LogP contribution in [-0.2, 0) is 11.2 Å². The normalized spacial score (nSPS) is 10.6. The highest BCUT2D eigenvalue weighted by Crippen LogP contribution is 2.29. The van der Waals surface area contributed by atoms with Gasteiger partial charge in [0.2, 0.25) is 5.91 Å². The molecular weight excluding hydrogens is 330 g/mol. The molecule has 3 rings (SSSR count). The first kappa shape index (κ1) is 16.2. The molecule has 0 spiro atoms. The molecule has 1 N–H and O–H groups in total. The Kier molecular flexibility index (Phi) is 4.62. The van der Waals surface area contributed by atoms with Gasteiger partial charge in [-0.1, -0.05) is 11.6 Å². The molecule has 124 valence electrons. The molecule has 0 saturated carbocycles. The Hall–Kier alpha value is -2.66. The molecule has 1 heterocycles. The lowest BCUT2D eigenvalue weighted by molar-refractivity contribution is -0.115. The molecule has 0 bridgehead atoms. The molecule has 2 aromatic carbocycles. The van der Waals surface area contributed by atoms with Gasteiger partial charge < -0.3 is 19.2 Å². The fraction of sp³-hybridized carbons (Fsp3) is 0.167. The van der Waals surface area contributed by atoms with Crippen molar-refractivity contribution >= 4 is 34.2 Å². The summed E-state index contributed by atoms with van der Waals surface area (Å²) in [7, 11) is 3.13. The number of anilines is 1. The fourth-order valence-corrected chi connectivity index (χ4v) is 2.64. The zero-order valence-corrected chi connectivity index (χ0v) is 14.0. The molecule has 1 aromatic heterocycles. The van der Waals surface area contributed by atoms with Crippen LogP contribution in [0.1, 0.15) is 5.56 Å². The predicted octanol–water partition coefficient (Wildman–Crippen LogP) is 4.28. The number of hydrogen-bond acceptors (Lipinski definition) is 4. The van der Waals surface area contributed by atoms with E-state index >= 15 is 0 Å². The largest absolute Gasteiger partial charge is 0.497 e. The first-order valence-electron chi connectivity index (χ1n) is 7.28.